The molecule has 2 aromatic rings. The Labute approximate surface area is 146 Å². The van der Waals surface area contributed by atoms with Gasteiger partial charge in [0.2, 0.25) is 17.8 Å². The topological polar surface area (TPSA) is 83.9 Å². The third-order valence-corrected chi connectivity index (χ3v) is 5.05. The van der Waals surface area contributed by atoms with Gasteiger partial charge >= 0.3 is 0 Å². The molecule has 2 aliphatic rings. The van der Waals surface area contributed by atoms with Gasteiger partial charge in [-0.05, 0) is 44.2 Å². The molecule has 0 unspecified atom stereocenters. The van der Waals surface area contributed by atoms with Crippen molar-refractivity contribution < 1.29 is 4.79 Å². The van der Waals surface area contributed by atoms with Crippen LogP contribution >= 0.6 is 0 Å². The van der Waals surface area contributed by atoms with E-state index in [2.05, 4.69) is 25.3 Å². The molecule has 0 radical (unpaired) electrons. The van der Waals surface area contributed by atoms with E-state index in [0.717, 1.165) is 44.3 Å². The summed E-state index contributed by atoms with van der Waals surface area (Å²) in [6.45, 7) is 0.828. The number of nitrogens with one attached hydrogen (secondary N) is 1. The van der Waals surface area contributed by atoms with Crippen LogP contribution in [0.4, 0.5) is 11.9 Å². The van der Waals surface area contributed by atoms with Gasteiger partial charge in [0.15, 0.2) is 0 Å². The molecule has 0 spiro atoms. The Bertz CT molecular complexity index is 733. The van der Waals surface area contributed by atoms with Gasteiger partial charge in [-0.1, -0.05) is 6.42 Å². The maximum Gasteiger partial charge on any atom is 0.229 e. The summed E-state index contributed by atoms with van der Waals surface area (Å²) in [4.78, 5) is 32.0. The van der Waals surface area contributed by atoms with Crippen LogP contribution in [0.3, 0.4) is 0 Å². The smallest absolute Gasteiger partial charge is 0.229 e. The summed E-state index contributed by atoms with van der Waals surface area (Å²) in [6.07, 6.45) is 11.4. The Kier molecular flexibility index (Phi) is 4.54. The van der Waals surface area contributed by atoms with E-state index in [-0.39, 0.29) is 12.0 Å². The second-order valence-corrected chi connectivity index (χ2v) is 6.67. The van der Waals surface area contributed by atoms with Gasteiger partial charge < -0.3 is 4.90 Å². The minimum Gasteiger partial charge on any atom is -0.334 e. The molecule has 1 N–H and O–H groups in total. The van der Waals surface area contributed by atoms with Gasteiger partial charge in [0.05, 0.1) is 11.7 Å². The Morgan fingerprint density at radius 3 is 2.56 bits per heavy atom. The summed E-state index contributed by atoms with van der Waals surface area (Å²) < 4.78 is 0. The highest BCUT2D eigenvalue weighted by Gasteiger charge is 2.35. The normalized spacial score (nSPS) is 20.8. The fourth-order valence-electron chi connectivity index (χ4n) is 3.47. The van der Waals surface area contributed by atoms with Crippen LogP contribution in [0.5, 0.6) is 0 Å². The minimum atomic E-state index is 0.0436. The van der Waals surface area contributed by atoms with Crippen LogP contribution in [0.1, 0.15) is 50.3 Å². The monoisotopic (exact) mass is 338 g/mol. The van der Waals surface area contributed by atoms with Gasteiger partial charge in [0, 0.05) is 31.1 Å². The molecule has 0 bridgehead atoms. The van der Waals surface area contributed by atoms with Crippen LogP contribution in [-0.4, -0.2) is 37.3 Å². The predicted octanol–water partition coefficient (Wildman–Crippen LogP) is 2.86. The summed E-state index contributed by atoms with van der Waals surface area (Å²) in [7, 11) is 0. The number of hydrogen-bond donors (Lipinski definition) is 1. The van der Waals surface area contributed by atoms with Crippen molar-refractivity contribution >= 4 is 17.8 Å². The number of likely N-dealkylation sites (tertiary alicyclic amines) is 1. The molecule has 1 saturated carbocycles. The molecule has 1 aliphatic heterocycles. The van der Waals surface area contributed by atoms with Gasteiger partial charge in [0.25, 0.3) is 0 Å². The summed E-state index contributed by atoms with van der Waals surface area (Å²) in [5.74, 6) is 1.45. The zero-order chi connectivity index (χ0) is 17.1. The molecule has 4 rings (SSSR count). The van der Waals surface area contributed by atoms with Crippen molar-refractivity contribution in [1.82, 2.24) is 24.8 Å². The van der Waals surface area contributed by atoms with E-state index in [4.69, 9.17) is 0 Å². The number of hydrogen-bond acceptors (Lipinski definition) is 6. The third kappa shape index (κ3) is 3.45. The van der Waals surface area contributed by atoms with Gasteiger partial charge in [-0.3, -0.25) is 10.1 Å². The van der Waals surface area contributed by atoms with Crippen molar-refractivity contribution in [3.63, 3.8) is 0 Å². The third-order valence-electron chi connectivity index (χ3n) is 5.05. The van der Waals surface area contributed by atoms with Crippen molar-refractivity contribution in [1.29, 1.82) is 0 Å². The number of carbonyl (C=O) groups excluding carboxylic acids is 1. The number of aromatic nitrogens is 4. The van der Waals surface area contributed by atoms with E-state index in [1.165, 1.54) is 6.42 Å². The average Bonchev–Trinajstić information content (AvgIpc) is 2.61. The standard InChI is InChI=1S/C18H22N6O/c25-16(13-5-3-6-13)24-12-2-1-7-15(24)14-8-11-21-18(22-14)23-17-19-9-4-10-20-17/h4,8-11,13,15H,1-3,5-7,12H2,(H,19,20,21,22,23)/t15-/m1/s1. The van der Waals surface area contributed by atoms with Crippen LogP contribution < -0.4 is 5.32 Å². The molecule has 1 amide bonds. The molecule has 2 fully saturated rings. The first-order valence-electron chi connectivity index (χ1n) is 8.99. The van der Waals surface area contributed by atoms with Crippen molar-refractivity contribution in [2.45, 2.75) is 44.6 Å². The molecule has 7 nitrogen and oxygen atoms in total. The molecule has 25 heavy (non-hydrogen) atoms. The van der Waals surface area contributed by atoms with Crippen molar-refractivity contribution in [3.05, 3.63) is 36.4 Å². The van der Waals surface area contributed by atoms with Crippen LogP contribution in [0.25, 0.3) is 0 Å². The quantitative estimate of drug-likeness (QED) is 0.923. The average molecular weight is 338 g/mol. The van der Waals surface area contributed by atoms with Gasteiger partial charge in [-0.25, -0.2) is 19.9 Å². The summed E-state index contributed by atoms with van der Waals surface area (Å²) in [5, 5.41) is 3.02. The summed E-state index contributed by atoms with van der Waals surface area (Å²) >= 11 is 0. The Hall–Kier alpha value is -2.57. The zero-order valence-electron chi connectivity index (χ0n) is 14.1. The first kappa shape index (κ1) is 15.9. The molecular weight excluding hydrogens is 316 g/mol. The van der Waals surface area contributed by atoms with Crippen LogP contribution in [0.2, 0.25) is 0 Å². The number of amides is 1. The first-order valence-corrected chi connectivity index (χ1v) is 8.99. The second-order valence-electron chi connectivity index (χ2n) is 6.67. The highest BCUT2D eigenvalue weighted by Crippen LogP contribution is 2.35. The van der Waals surface area contributed by atoms with Crippen molar-refractivity contribution in [2.24, 2.45) is 5.92 Å². The fraction of sp³-hybridized carbons (Fsp3) is 0.500. The van der Waals surface area contributed by atoms with E-state index < -0.39 is 0 Å². The SMILES string of the molecule is O=C(C1CCC1)N1CCCC[C@@H]1c1ccnc(Nc2ncccn2)n1. The van der Waals surface area contributed by atoms with E-state index in [1.54, 1.807) is 24.7 Å². The molecule has 2 aromatic heterocycles. The Morgan fingerprint density at radius 2 is 1.80 bits per heavy atom. The molecule has 3 heterocycles. The lowest BCUT2D eigenvalue weighted by molar-refractivity contribution is -0.142. The number of rotatable bonds is 4. The molecule has 130 valence electrons. The van der Waals surface area contributed by atoms with Gasteiger partial charge in [-0.2, -0.15) is 0 Å². The summed E-state index contributed by atoms with van der Waals surface area (Å²) in [5.41, 5.74) is 0.890. The molecular formula is C18H22N6O. The minimum absolute atomic E-state index is 0.0436. The van der Waals surface area contributed by atoms with E-state index in [9.17, 15) is 4.79 Å². The highest BCUT2D eigenvalue weighted by molar-refractivity contribution is 5.80. The molecule has 7 heteroatoms. The number of piperidine rings is 1. The zero-order valence-corrected chi connectivity index (χ0v) is 14.1. The van der Waals surface area contributed by atoms with Crippen LogP contribution in [0.15, 0.2) is 30.7 Å². The lowest BCUT2D eigenvalue weighted by atomic mass is 9.83. The first-order chi connectivity index (χ1) is 12.3. The highest BCUT2D eigenvalue weighted by atomic mass is 16.2. The van der Waals surface area contributed by atoms with E-state index in [0.29, 0.717) is 17.8 Å². The maximum absolute atomic E-state index is 12.8. The number of carbonyl (C=O) groups is 1. The predicted molar refractivity (Wildman–Crippen MR) is 93.0 cm³/mol. The molecule has 1 atom stereocenters. The fourth-order valence-corrected chi connectivity index (χ4v) is 3.47. The molecule has 1 saturated heterocycles. The van der Waals surface area contributed by atoms with E-state index in [1.807, 2.05) is 11.0 Å². The number of anilines is 2. The van der Waals surface area contributed by atoms with Gasteiger partial charge in [-0.15, -0.1) is 0 Å². The maximum atomic E-state index is 12.8. The summed E-state index contributed by atoms with van der Waals surface area (Å²) in [6, 6.07) is 3.71. The second kappa shape index (κ2) is 7.13. The molecule has 1 aliphatic carbocycles. The largest absolute Gasteiger partial charge is 0.334 e. The van der Waals surface area contributed by atoms with Crippen LogP contribution in [-0.2, 0) is 4.79 Å². The molecule has 0 aromatic carbocycles. The van der Waals surface area contributed by atoms with E-state index >= 15 is 0 Å². The Balaban J connectivity index is 1.54. The van der Waals surface area contributed by atoms with Gasteiger partial charge in [0.1, 0.15) is 0 Å². The number of nitrogens with zero attached hydrogens (tertiary/aromatic N) is 5. The lowest BCUT2D eigenvalue weighted by Gasteiger charge is -2.39. The Morgan fingerprint density at radius 1 is 1.00 bits per heavy atom. The van der Waals surface area contributed by atoms with Crippen molar-refractivity contribution in [3.8, 4) is 0 Å². The lowest BCUT2D eigenvalue weighted by Crippen LogP contribution is -2.43. The van der Waals surface area contributed by atoms with Crippen molar-refractivity contribution in [2.75, 3.05) is 11.9 Å². The van der Waals surface area contributed by atoms with Crippen LogP contribution in [0, 0.1) is 5.92 Å².